The van der Waals surface area contributed by atoms with Gasteiger partial charge in [0.1, 0.15) is 17.7 Å². The van der Waals surface area contributed by atoms with Crippen LogP contribution in [0.3, 0.4) is 0 Å². The van der Waals surface area contributed by atoms with Crippen molar-refractivity contribution in [3.63, 3.8) is 0 Å². The SMILES string of the molecule is CCCCN(CCCC)c1ccc(/C=C/c2cc(OC)c(/C=C/c3ccc(N(C)C(C)O)cc3)cc2OC)cc1. The molecule has 0 heterocycles. The minimum atomic E-state index is -0.540. The predicted molar refractivity (Wildman–Crippen MR) is 172 cm³/mol. The van der Waals surface area contributed by atoms with Crippen LogP contribution in [0.15, 0.2) is 60.7 Å². The summed E-state index contributed by atoms with van der Waals surface area (Å²) in [5.41, 5.74) is 6.34. The highest BCUT2D eigenvalue weighted by Gasteiger charge is 2.09. The molecule has 40 heavy (non-hydrogen) atoms. The molecule has 0 aliphatic carbocycles. The molecule has 1 atom stereocenters. The lowest BCUT2D eigenvalue weighted by molar-refractivity contribution is 0.195. The Morgan fingerprint density at radius 3 is 1.50 bits per heavy atom. The van der Waals surface area contributed by atoms with E-state index in [1.165, 1.54) is 31.4 Å². The van der Waals surface area contributed by atoms with Gasteiger partial charge in [-0.2, -0.15) is 0 Å². The van der Waals surface area contributed by atoms with E-state index in [1.54, 1.807) is 21.1 Å². The number of nitrogens with zero attached hydrogens (tertiary/aromatic N) is 2. The van der Waals surface area contributed by atoms with Gasteiger partial charge in [0.2, 0.25) is 0 Å². The molecule has 5 nitrogen and oxygen atoms in total. The van der Waals surface area contributed by atoms with Crippen molar-refractivity contribution in [2.24, 2.45) is 0 Å². The first-order valence-electron chi connectivity index (χ1n) is 14.4. The maximum Gasteiger partial charge on any atom is 0.126 e. The number of ether oxygens (including phenoxy) is 2. The molecule has 0 aliphatic rings. The zero-order valence-electron chi connectivity index (χ0n) is 25.1. The molecule has 5 heteroatoms. The second-order valence-electron chi connectivity index (χ2n) is 10.1. The Bertz CT molecular complexity index is 1220. The molecule has 0 saturated carbocycles. The molecule has 214 valence electrons. The van der Waals surface area contributed by atoms with Gasteiger partial charge in [-0.15, -0.1) is 0 Å². The smallest absolute Gasteiger partial charge is 0.126 e. The lowest BCUT2D eigenvalue weighted by Gasteiger charge is -2.24. The first-order valence-corrected chi connectivity index (χ1v) is 14.4. The molecule has 0 saturated heterocycles. The van der Waals surface area contributed by atoms with Crippen molar-refractivity contribution >= 4 is 35.7 Å². The standard InChI is InChI=1S/C35H46N2O3/c1-7-9-23-37(24-10-8-2)33-21-15-29(16-22-33)12-18-31-26-34(39-5)30(25-35(31)40-6)17-11-28-13-19-32(20-14-28)36(4)27(3)38/h11-22,25-27,38H,7-10,23-24H2,1-6H3/b17-11+,18-12+. The number of rotatable bonds is 15. The van der Waals surface area contributed by atoms with Gasteiger partial charge in [0, 0.05) is 42.6 Å². The summed E-state index contributed by atoms with van der Waals surface area (Å²) in [5, 5.41) is 9.79. The molecule has 3 aromatic carbocycles. The quantitative estimate of drug-likeness (QED) is 0.155. The molecule has 0 bridgehead atoms. The Hall–Kier alpha value is -3.70. The Morgan fingerprint density at radius 2 is 1.12 bits per heavy atom. The normalized spacial score (nSPS) is 12.2. The highest BCUT2D eigenvalue weighted by atomic mass is 16.5. The van der Waals surface area contributed by atoms with E-state index in [1.807, 2.05) is 60.5 Å². The van der Waals surface area contributed by atoms with Crippen molar-refractivity contribution in [2.75, 3.05) is 44.2 Å². The highest BCUT2D eigenvalue weighted by molar-refractivity contribution is 5.79. The molecule has 0 aliphatic heterocycles. The van der Waals surface area contributed by atoms with E-state index in [9.17, 15) is 5.11 Å². The van der Waals surface area contributed by atoms with E-state index in [-0.39, 0.29) is 0 Å². The van der Waals surface area contributed by atoms with Crippen LogP contribution in [0.2, 0.25) is 0 Å². The molecule has 0 amide bonds. The molecule has 1 N–H and O–H groups in total. The minimum absolute atomic E-state index is 0.540. The summed E-state index contributed by atoms with van der Waals surface area (Å²) in [6, 6.07) is 20.9. The fraction of sp³-hybridized carbons (Fsp3) is 0.371. The third-order valence-electron chi connectivity index (χ3n) is 7.18. The molecule has 0 aromatic heterocycles. The Balaban J connectivity index is 1.77. The summed E-state index contributed by atoms with van der Waals surface area (Å²) in [6.07, 6.45) is 12.6. The van der Waals surface area contributed by atoms with Crippen LogP contribution in [0.25, 0.3) is 24.3 Å². The van der Waals surface area contributed by atoms with Gasteiger partial charge in [-0.3, -0.25) is 0 Å². The van der Waals surface area contributed by atoms with Crippen molar-refractivity contribution in [2.45, 2.75) is 52.7 Å². The largest absolute Gasteiger partial charge is 0.496 e. The molecule has 3 rings (SSSR count). The number of unbranched alkanes of at least 4 members (excludes halogenated alkanes) is 2. The van der Waals surface area contributed by atoms with Crippen LogP contribution in [-0.4, -0.2) is 45.7 Å². The zero-order chi connectivity index (χ0) is 28.9. The topological polar surface area (TPSA) is 45.2 Å². The first kappa shape index (κ1) is 30.8. The first-order chi connectivity index (χ1) is 19.4. The molecule has 0 radical (unpaired) electrons. The summed E-state index contributed by atoms with van der Waals surface area (Å²) in [5.74, 6) is 1.56. The fourth-order valence-corrected chi connectivity index (χ4v) is 4.48. The third-order valence-corrected chi connectivity index (χ3v) is 7.18. The number of hydrogen-bond donors (Lipinski definition) is 1. The maximum atomic E-state index is 9.79. The molecule has 0 fully saturated rings. The summed E-state index contributed by atoms with van der Waals surface area (Å²) >= 11 is 0. The number of aliphatic hydroxyl groups excluding tert-OH is 1. The van der Waals surface area contributed by atoms with Crippen molar-refractivity contribution in [3.05, 3.63) is 82.9 Å². The average Bonchev–Trinajstić information content (AvgIpc) is 2.99. The van der Waals surface area contributed by atoms with Crippen LogP contribution < -0.4 is 19.3 Å². The lowest BCUT2D eigenvalue weighted by Crippen LogP contribution is -2.27. The average molecular weight is 543 g/mol. The van der Waals surface area contributed by atoms with Crippen molar-refractivity contribution in [1.82, 2.24) is 0 Å². The molecule has 1 unspecified atom stereocenters. The van der Waals surface area contributed by atoms with Gasteiger partial charge in [-0.05, 0) is 67.3 Å². The summed E-state index contributed by atoms with van der Waals surface area (Å²) in [6.45, 7) is 8.45. The number of methoxy groups -OCH3 is 2. The van der Waals surface area contributed by atoms with E-state index in [0.717, 1.165) is 52.5 Å². The maximum absolute atomic E-state index is 9.79. The zero-order valence-corrected chi connectivity index (χ0v) is 25.1. The molecule has 0 spiro atoms. The summed E-state index contributed by atoms with van der Waals surface area (Å²) in [4.78, 5) is 4.32. The van der Waals surface area contributed by atoms with E-state index in [4.69, 9.17) is 9.47 Å². The second-order valence-corrected chi connectivity index (χ2v) is 10.1. The van der Waals surface area contributed by atoms with E-state index in [0.29, 0.717) is 0 Å². The number of benzene rings is 3. The monoisotopic (exact) mass is 542 g/mol. The van der Waals surface area contributed by atoms with Crippen LogP contribution in [0.5, 0.6) is 11.5 Å². The van der Waals surface area contributed by atoms with Crippen LogP contribution in [0.1, 0.15) is 68.7 Å². The molecular formula is C35H46N2O3. The fourth-order valence-electron chi connectivity index (χ4n) is 4.48. The molecule has 3 aromatic rings. The Morgan fingerprint density at radius 1 is 0.700 bits per heavy atom. The van der Waals surface area contributed by atoms with Crippen molar-refractivity contribution in [3.8, 4) is 11.5 Å². The van der Waals surface area contributed by atoms with Crippen molar-refractivity contribution < 1.29 is 14.6 Å². The van der Waals surface area contributed by atoms with Gasteiger partial charge in [-0.25, -0.2) is 0 Å². The predicted octanol–water partition coefficient (Wildman–Crippen LogP) is 8.23. The van der Waals surface area contributed by atoms with Crippen LogP contribution in [-0.2, 0) is 0 Å². The Labute approximate surface area is 241 Å². The third kappa shape index (κ3) is 8.65. The van der Waals surface area contributed by atoms with E-state index >= 15 is 0 Å². The van der Waals surface area contributed by atoms with Gasteiger partial charge in [0.25, 0.3) is 0 Å². The van der Waals surface area contributed by atoms with Crippen LogP contribution in [0, 0.1) is 0 Å². The lowest BCUT2D eigenvalue weighted by atomic mass is 10.0. The minimum Gasteiger partial charge on any atom is -0.496 e. The number of anilines is 2. The summed E-state index contributed by atoms with van der Waals surface area (Å²) < 4.78 is 11.5. The van der Waals surface area contributed by atoms with Crippen LogP contribution in [0.4, 0.5) is 11.4 Å². The van der Waals surface area contributed by atoms with Crippen LogP contribution >= 0.6 is 0 Å². The highest BCUT2D eigenvalue weighted by Crippen LogP contribution is 2.32. The van der Waals surface area contributed by atoms with Gasteiger partial charge in [-0.1, -0.05) is 75.3 Å². The molecular weight excluding hydrogens is 496 g/mol. The van der Waals surface area contributed by atoms with E-state index < -0.39 is 6.23 Å². The van der Waals surface area contributed by atoms with Gasteiger partial charge >= 0.3 is 0 Å². The van der Waals surface area contributed by atoms with Gasteiger partial charge < -0.3 is 24.4 Å². The van der Waals surface area contributed by atoms with E-state index in [2.05, 4.69) is 55.2 Å². The summed E-state index contributed by atoms with van der Waals surface area (Å²) in [7, 11) is 5.25. The van der Waals surface area contributed by atoms with Crippen molar-refractivity contribution in [1.29, 1.82) is 0 Å². The number of aliphatic hydroxyl groups is 1. The second kappa shape index (κ2) is 15.8. The Kier molecular flexibility index (Phi) is 12.2. The number of hydrogen-bond acceptors (Lipinski definition) is 5. The van der Waals surface area contributed by atoms with Gasteiger partial charge in [0.15, 0.2) is 0 Å². The van der Waals surface area contributed by atoms with Gasteiger partial charge in [0.05, 0.1) is 14.2 Å².